The topological polar surface area (TPSA) is 62.3 Å². The Morgan fingerprint density at radius 3 is 2.71 bits per heavy atom. The van der Waals surface area contributed by atoms with Crippen LogP contribution in [-0.2, 0) is 9.59 Å². The maximum Gasteiger partial charge on any atom is 0.234 e. The fraction of sp³-hybridized carbons (Fsp3) is 0.286. The minimum Gasteiger partial charge on any atom is -0.336 e. The zero-order valence-corrected chi connectivity index (χ0v) is 17.8. The maximum absolute atomic E-state index is 12.5. The van der Waals surface area contributed by atoms with Crippen molar-refractivity contribution in [3.63, 3.8) is 0 Å². The van der Waals surface area contributed by atoms with Crippen molar-refractivity contribution in [1.82, 2.24) is 9.88 Å². The predicted molar refractivity (Wildman–Crippen MR) is 118 cm³/mol. The van der Waals surface area contributed by atoms with E-state index in [9.17, 15) is 9.59 Å². The van der Waals surface area contributed by atoms with E-state index in [0.717, 1.165) is 26.5 Å². The Hall–Kier alpha value is -2.38. The van der Waals surface area contributed by atoms with Crippen molar-refractivity contribution in [1.29, 1.82) is 0 Å². The fourth-order valence-corrected chi connectivity index (χ4v) is 4.50. The minimum atomic E-state index is -0.106. The molecule has 7 heteroatoms. The van der Waals surface area contributed by atoms with Crippen molar-refractivity contribution in [3.05, 3.63) is 59.1 Å². The van der Waals surface area contributed by atoms with Crippen LogP contribution in [0.5, 0.6) is 0 Å². The molecule has 3 rings (SSSR count). The molecule has 146 valence electrons. The number of hydrogen-bond acceptors (Lipinski definition) is 5. The van der Waals surface area contributed by atoms with Crippen LogP contribution in [-0.4, -0.2) is 40.3 Å². The summed E-state index contributed by atoms with van der Waals surface area (Å²) in [6.45, 7) is 3.95. The standard InChI is InChI=1S/C21H23N3O2S2/c1-14-7-6-8-16(11-14)22-19(25)12-27-13-20(26)24(3)15(2)21-23-17-9-4-5-10-18(17)28-21/h4-11,15H,12-13H2,1-3H3,(H,22,25)/t15-/m1/s1. The molecule has 0 saturated heterocycles. The largest absolute Gasteiger partial charge is 0.336 e. The van der Waals surface area contributed by atoms with Crippen LogP contribution in [0.25, 0.3) is 10.2 Å². The van der Waals surface area contributed by atoms with E-state index in [0.29, 0.717) is 0 Å². The van der Waals surface area contributed by atoms with Gasteiger partial charge in [0, 0.05) is 12.7 Å². The first-order valence-electron chi connectivity index (χ1n) is 8.99. The Morgan fingerprint density at radius 1 is 1.18 bits per heavy atom. The van der Waals surface area contributed by atoms with Crippen LogP contribution in [0.2, 0.25) is 0 Å². The molecule has 0 bridgehead atoms. The number of rotatable bonds is 7. The lowest BCUT2D eigenvalue weighted by Crippen LogP contribution is -2.31. The molecule has 1 atom stereocenters. The number of carbonyl (C=O) groups excluding carboxylic acids is 2. The average Bonchev–Trinajstić information content (AvgIpc) is 3.11. The number of hydrogen-bond donors (Lipinski definition) is 1. The van der Waals surface area contributed by atoms with E-state index in [2.05, 4.69) is 10.3 Å². The van der Waals surface area contributed by atoms with Crippen LogP contribution in [0.15, 0.2) is 48.5 Å². The van der Waals surface area contributed by atoms with Gasteiger partial charge in [0.1, 0.15) is 5.01 Å². The smallest absolute Gasteiger partial charge is 0.234 e. The fourth-order valence-electron chi connectivity index (χ4n) is 2.70. The molecule has 0 radical (unpaired) electrons. The Bertz CT molecular complexity index is 953. The van der Waals surface area contributed by atoms with E-state index < -0.39 is 0 Å². The van der Waals surface area contributed by atoms with Crippen molar-refractivity contribution in [2.75, 3.05) is 23.9 Å². The molecule has 2 aromatic carbocycles. The molecule has 0 aliphatic heterocycles. The van der Waals surface area contributed by atoms with Crippen molar-refractivity contribution in [2.45, 2.75) is 19.9 Å². The van der Waals surface area contributed by atoms with Gasteiger partial charge in [-0.3, -0.25) is 9.59 Å². The summed E-state index contributed by atoms with van der Waals surface area (Å²) in [6, 6.07) is 15.5. The summed E-state index contributed by atoms with van der Waals surface area (Å²) in [5.41, 5.74) is 2.82. The van der Waals surface area contributed by atoms with Crippen LogP contribution >= 0.6 is 23.1 Å². The van der Waals surface area contributed by atoms with Gasteiger partial charge in [0.2, 0.25) is 11.8 Å². The van der Waals surface area contributed by atoms with Gasteiger partial charge in [0.05, 0.1) is 27.8 Å². The van der Waals surface area contributed by atoms with Gasteiger partial charge in [-0.1, -0.05) is 24.3 Å². The summed E-state index contributed by atoms with van der Waals surface area (Å²) in [5, 5.41) is 3.77. The monoisotopic (exact) mass is 413 g/mol. The summed E-state index contributed by atoms with van der Waals surface area (Å²) < 4.78 is 1.12. The predicted octanol–water partition coefficient (Wildman–Crippen LogP) is 4.50. The summed E-state index contributed by atoms with van der Waals surface area (Å²) in [7, 11) is 1.78. The van der Waals surface area contributed by atoms with Gasteiger partial charge in [-0.15, -0.1) is 23.1 Å². The molecule has 1 heterocycles. The average molecular weight is 414 g/mol. The highest BCUT2D eigenvalue weighted by molar-refractivity contribution is 8.00. The van der Waals surface area contributed by atoms with E-state index in [1.165, 1.54) is 11.8 Å². The number of nitrogens with one attached hydrogen (secondary N) is 1. The van der Waals surface area contributed by atoms with Gasteiger partial charge >= 0.3 is 0 Å². The molecule has 28 heavy (non-hydrogen) atoms. The number of aromatic nitrogens is 1. The number of nitrogens with zero attached hydrogens (tertiary/aromatic N) is 2. The highest BCUT2D eigenvalue weighted by Gasteiger charge is 2.20. The first-order chi connectivity index (χ1) is 13.4. The van der Waals surface area contributed by atoms with E-state index in [-0.39, 0.29) is 29.4 Å². The molecule has 0 saturated carbocycles. The van der Waals surface area contributed by atoms with Gasteiger partial charge in [-0.25, -0.2) is 4.98 Å². The number of fused-ring (bicyclic) bond motifs is 1. The Labute approximate surface area is 173 Å². The number of thioether (sulfide) groups is 1. The molecule has 1 aromatic heterocycles. The van der Waals surface area contributed by atoms with Gasteiger partial charge in [0.15, 0.2) is 0 Å². The number of para-hydroxylation sites is 1. The summed E-state index contributed by atoms with van der Waals surface area (Å²) in [4.78, 5) is 30.9. The summed E-state index contributed by atoms with van der Waals surface area (Å²) in [5.74, 6) is 0.376. The van der Waals surface area contributed by atoms with Crippen LogP contribution in [0.4, 0.5) is 5.69 Å². The highest BCUT2D eigenvalue weighted by atomic mass is 32.2. The lowest BCUT2D eigenvalue weighted by Gasteiger charge is -2.23. The highest BCUT2D eigenvalue weighted by Crippen LogP contribution is 2.29. The van der Waals surface area contributed by atoms with Gasteiger partial charge in [-0.05, 0) is 43.7 Å². The van der Waals surface area contributed by atoms with Crippen molar-refractivity contribution < 1.29 is 9.59 Å². The zero-order valence-electron chi connectivity index (χ0n) is 16.1. The second kappa shape index (κ2) is 9.21. The third kappa shape index (κ3) is 5.11. The molecule has 2 amide bonds. The summed E-state index contributed by atoms with van der Waals surface area (Å²) >= 11 is 2.92. The first-order valence-corrected chi connectivity index (χ1v) is 11.0. The third-order valence-corrected chi connectivity index (χ3v) is 6.53. The number of anilines is 1. The third-order valence-electron chi connectivity index (χ3n) is 4.40. The first kappa shape index (κ1) is 20.4. The van der Waals surface area contributed by atoms with Gasteiger partial charge < -0.3 is 10.2 Å². The lowest BCUT2D eigenvalue weighted by atomic mass is 10.2. The van der Waals surface area contributed by atoms with Gasteiger partial charge in [-0.2, -0.15) is 0 Å². The maximum atomic E-state index is 12.5. The van der Waals surface area contributed by atoms with Crippen LogP contribution in [0.3, 0.4) is 0 Å². The van der Waals surface area contributed by atoms with Crippen LogP contribution in [0, 0.1) is 6.92 Å². The lowest BCUT2D eigenvalue weighted by molar-refractivity contribution is -0.128. The van der Waals surface area contributed by atoms with Crippen molar-refractivity contribution in [3.8, 4) is 0 Å². The van der Waals surface area contributed by atoms with E-state index >= 15 is 0 Å². The number of aryl methyl sites for hydroxylation is 1. The quantitative estimate of drug-likeness (QED) is 0.620. The van der Waals surface area contributed by atoms with E-state index in [1.54, 1.807) is 23.3 Å². The zero-order chi connectivity index (χ0) is 20.1. The van der Waals surface area contributed by atoms with E-state index in [1.807, 2.05) is 62.4 Å². The van der Waals surface area contributed by atoms with Crippen molar-refractivity contribution in [2.24, 2.45) is 0 Å². The Balaban J connectivity index is 1.49. The molecule has 0 aliphatic carbocycles. The van der Waals surface area contributed by atoms with E-state index in [4.69, 9.17) is 0 Å². The molecule has 1 N–H and O–H groups in total. The number of thiazole rings is 1. The SMILES string of the molecule is Cc1cccc(NC(=O)CSCC(=O)N(C)[C@H](C)c2nc3ccccc3s2)c1. The second-order valence-electron chi connectivity index (χ2n) is 6.61. The Kier molecular flexibility index (Phi) is 6.70. The molecular weight excluding hydrogens is 390 g/mol. The summed E-state index contributed by atoms with van der Waals surface area (Å²) in [6.07, 6.45) is 0. The number of benzene rings is 2. The molecule has 0 fully saturated rings. The van der Waals surface area contributed by atoms with Crippen LogP contribution < -0.4 is 5.32 Å². The number of carbonyl (C=O) groups is 2. The minimum absolute atomic E-state index is 0.0138. The molecule has 0 aliphatic rings. The van der Waals surface area contributed by atoms with Crippen molar-refractivity contribution >= 4 is 50.8 Å². The Morgan fingerprint density at radius 2 is 1.96 bits per heavy atom. The normalized spacial score (nSPS) is 12.0. The molecule has 5 nitrogen and oxygen atoms in total. The molecule has 3 aromatic rings. The second-order valence-corrected chi connectivity index (χ2v) is 8.66. The molecule has 0 unspecified atom stereocenters. The van der Waals surface area contributed by atoms with Gasteiger partial charge in [0.25, 0.3) is 0 Å². The molecular formula is C21H23N3O2S2. The molecule has 0 spiro atoms. The van der Waals surface area contributed by atoms with Crippen LogP contribution in [0.1, 0.15) is 23.5 Å². The number of amides is 2.